The predicted molar refractivity (Wildman–Crippen MR) is 112 cm³/mol. The van der Waals surface area contributed by atoms with E-state index in [0.29, 0.717) is 10.7 Å². The van der Waals surface area contributed by atoms with Gasteiger partial charge in [0, 0.05) is 22.5 Å². The standard InChI is InChI=1S/C21H17ClF2N2O4S/c1-12-9-13(2)26(11-19(27)25-15-5-8-17(23)18(24)10-15)21(28)20(12)31(29,30)16-6-3-14(22)4-7-16/h3-10H,11H2,1-2H3,(H,25,27). The summed E-state index contributed by atoms with van der Waals surface area (Å²) >= 11 is 5.81. The first-order valence-electron chi connectivity index (χ1n) is 8.97. The topological polar surface area (TPSA) is 85.2 Å². The predicted octanol–water partition coefficient (Wildman–Crippen LogP) is 3.87. The molecule has 1 heterocycles. The van der Waals surface area contributed by atoms with E-state index in [1.165, 1.54) is 37.3 Å². The number of aromatic nitrogens is 1. The van der Waals surface area contributed by atoms with Gasteiger partial charge in [0.15, 0.2) is 11.6 Å². The first-order valence-corrected chi connectivity index (χ1v) is 10.8. The summed E-state index contributed by atoms with van der Waals surface area (Å²) in [5, 5.41) is 2.69. The molecule has 3 rings (SSSR count). The molecule has 162 valence electrons. The number of carbonyl (C=O) groups is 1. The minimum absolute atomic E-state index is 0.00396. The zero-order valence-corrected chi connectivity index (χ0v) is 18.0. The molecule has 31 heavy (non-hydrogen) atoms. The van der Waals surface area contributed by atoms with E-state index in [2.05, 4.69) is 5.32 Å². The molecule has 0 unspecified atom stereocenters. The number of hydrogen-bond acceptors (Lipinski definition) is 4. The quantitative estimate of drug-likeness (QED) is 0.618. The van der Waals surface area contributed by atoms with E-state index in [4.69, 9.17) is 11.6 Å². The summed E-state index contributed by atoms with van der Waals surface area (Å²) in [6, 6.07) is 9.66. The van der Waals surface area contributed by atoms with Gasteiger partial charge in [-0.05, 0) is 61.9 Å². The number of nitrogens with zero attached hydrogens (tertiary/aromatic N) is 1. The lowest BCUT2D eigenvalue weighted by molar-refractivity contribution is -0.116. The highest BCUT2D eigenvalue weighted by molar-refractivity contribution is 7.91. The molecule has 1 N–H and O–H groups in total. The summed E-state index contributed by atoms with van der Waals surface area (Å²) in [5.74, 6) is -2.92. The molecule has 10 heteroatoms. The SMILES string of the molecule is Cc1cc(C)n(CC(=O)Nc2ccc(F)c(F)c2)c(=O)c1S(=O)(=O)c1ccc(Cl)cc1. The molecule has 0 bridgehead atoms. The van der Waals surface area contributed by atoms with Gasteiger partial charge in [0.05, 0.1) is 4.90 Å². The molecule has 6 nitrogen and oxygen atoms in total. The molecular weight excluding hydrogens is 450 g/mol. The van der Waals surface area contributed by atoms with Crippen LogP contribution in [0.5, 0.6) is 0 Å². The van der Waals surface area contributed by atoms with E-state index >= 15 is 0 Å². The number of aryl methyl sites for hydroxylation is 2. The van der Waals surface area contributed by atoms with Crippen LogP contribution in [0.25, 0.3) is 0 Å². The van der Waals surface area contributed by atoms with Crippen molar-refractivity contribution in [1.29, 1.82) is 0 Å². The number of amides is 1. The van der Waals surface area contributed by atoms with Gasteiger partial charge in [0.1, 0.15) is 11.4 Å². The van der Waals surface area contributed by atoms with Crippen LogP contribution in [0.2, 0.25) is 5.02 Å². The largest absolute Gasteiger partial charge is 0.324 e. The van der Waals surface area contributed by atoms with E-state index < -0.39 is 44.4 Å². The summed E-state index contributed by atoms with van der Waals surface area (Å²) in [4.78, 5) is 24.9. The van der Waals surface area contributed by atoms with Crippen LogP contribution in [0, 0.1) is 25.5 Å². The fourth-order valence-electron chi connectivity index (χ4n) is 3.08. The number of pyridine rings is 1. The maximum Gasteiger partial charge on any atom is 0.270 e. The molecular formula is C21H17ClF2N2O4S. The molecule has 2 aromatic carbocycles. The van der Waals surface area contributed by atoms with Crippen molar-refractivity contribution < 1.29 is 22.0 Å². The number of carbonyl (C=O) groups excluding carboxylic acids is 1. The number of rotatable bonds is 5. The third-order valence-corrected chi connectivity index (χ3v) is 6.73. The maximum absolute atomic E-state index is 13.3. The van der Waals surface area contributed by atoms with E-state index in [1.807, 2.05) is 0 Å². The van der Waals surface area contributed by atoms with Gasteiger partial charge in [-0.1, -0.05) is 11.6 Å². The first kappa shape index (κ1) is 22.6. The molecule has 0 spiro atoms. The highest BCUT2D eigenvalue weighted by atomic mass is 35.5. The van der Waals surface area contributed by atoms with Gasteiger partial charge in [0.2, 0.25) is 15.7 Å². The minimum Gasteiger partial charge on any atom is -0.324 e. The van der Waals surface area contributed by atoms with Crippen molar-refractivity contribution in [2.24, 2.45) is 0 Å². The third kappa shape index (κ3) is 4.67. The Morgan fingerprint density at radius 2 is 1.68 bits per heavy atom. The average molecular weight is 467 g/mol. The highest BCUT2D eigenvalue weighted by Gasteiger charge is 2.26. The highest BCUT2D eigenvalue weighted by Crippen LogP contribution is 2.23. The number of benzene rings is 2. The summed E-state index contributed by atoms with van der Waals surface area (Å²) in [6.45, 7) is 2.52. The lowest BCUT2D eigenvalue weighted by atomic mass is 10.2. The Kier molecular flexibility index (Phi) is 6.28. The summed E-state index contributed by atoms with van der Waals surface area (Å²) in [5.41, 5.74) is -0.281. The average Bonchev–Trinajstić information content (AvgIpc) is 2.68. The zero-order chi connectivity index (χ0) is 22.9. The van der Waals surface area contributed by atoms with Crippen molar-refractivity contribution in [3.8, 4) is 0 Å². The maximum atomic E-state index is 13.3. The second-order valence-electron chi connectivity index (χ2n) is 6.82. The molecule has 0 aliphatic carbocycles. The number of nitrogens with one attached hydrogen (secondary N) is 1. The molecule has 0 atom stereocenters. The van der Waals surface area contributed by atoms with Gasteiger partial charge in [0.25, 0.3) is 5.56 Å². The van der Waals surface area contributed by atoms with Crippen LogP contribution in [-0.2, 0) is 21.2 Å². The lowest BCUT2D eigenvalue weighted by Gasteiger charge is -2.15. The van der Waals surface area contributed by atoms with Gasteiger partial charge in [-0.2, -0.15) is 0 Å². The third-order valence-electron chi connectivity index (χ3n) is 4.55. The molecule has 0 aliphatic heterocycles. The van der Waals surface area contributed by atoms with Crippen molar-refractivity contribution in [3.63, 3.8) is 0 Å². The van der Waals surface area contributed by atoms with Gasteiger partial charge in [-0.15, -0.1) is 0 Å². The second-order valence-corrected chi connectivity index (χ2v) is 9.15. The molecule has 1 amide bonds. The number of hydrogen-bond donors (Lipinski definition) is 1. The summed E-state index contributed by atoms with van der Waals surface area (Å²) in [7, 11) is -4.18. The summed E-state index contributed by atoms with van der Waals surface area (Å²) < 4.78 is 53.5. The molecule has 1 aromatic heterocycles. The van der Waals surface area contributed by atoms with Crippen LogP contribution in [0.3, 0.4) is 0 Å². The molecule has 0 saturated carbocycles. The Morgan fingerprint density at radius 1 is 1.03 bits per heavy atom. The van der Waals surface area contributed by atoms with Crippen molar-refractivity contribution in [3.05, 3.63) is 86.8 Å². The lowest BCUT2D eigenvalue weighted by Crippen LogP contribution is -2.33. The van der Waals surface area contributed by atoms with Crippen LogP contribution >= 0.6 is 11.6 Å². The van der Waals surface area contributed by atoms with E-state index in [1.54, 1.807) is 6.92 Å². The number of sulfone groups is 1. The number of anilines is 1. The molecule has 0 saturated heterocycles. The van der Waals surface area contributed by atoms with Crippen LogP contribution in [0.15, 0.2) is 63.1 Å². The van der Waals surface area contributed by atoms with Gasteiger partial charge >= 0.3 is 0 Å². The molecule has 0 radical (unpaired) electrons. The van der Waals surface area contributed by atoms with Crippen LogP contribution in [0.1, 0.15) is 11.3 Å². The Balaban J connectivity index is 1.98. The summed E-state index contributed by atoms with van der Waals surface area (Å²) in [6.07, 6.45) is 0. The smallest absolute Gasteiger partial charge is 0.270 e. The van der Waals surface area contributed by atoms with Crippen LogP contribution in [-0.4, -0.2) is 18.9 Å². The van der Waals surface area contributed by atoms with Crippen molar-refractivity contribution >= 4 is 33.0 Å². The van der Waals surface area contributed by atoms with Crippen molar-refractivity contribution in [2.45, 2.75) is 30.2 Å². The van der Waals surface area contributed by atoms with Gasteiger partial charge in [-0.25, -0.2) is 17.2 Å². The molecule has 3 aromatic rings. The second kappa shape index (κ2) is 8.60. The van der Waals surface area contributed by atoms with E-state index in [-0.39, 0.29) is 16.1 Å². The van der Waals surface area contributed by atoms with Crippen LogP contribution in [0.4, 0.5) is 14.5 Å². The zero-order valence-electron chi connectivity index (χ0n) is 16.4. The van der Waals surface area contributed by atoms with Crippen molar-refractivity contribution in [1.82, 2.24) is 4.57 Å². The Bertz CT molecular complexity index is 1340. The number of halogens is 3. The van der Waals surface area contributed by atoms with E-state index in [0.717, 1.165) is 22.8 Å². The van der Waals surface area contributed by atoms with Gasteiger partial charge in [-0.3, -0.25) is 9.59 Å². The Labute approximate surface area is 182 Å². The Morgan fingerprint density at radius 3 is 2.29 bits per heavy atom. The van der Waals surface area contributed by atoms with Crippen molar-refractivity contribution in [2.75, 3.05) is 5.32 Å². The Hall–Kier alpha value is -3.04. The minimum atomic E-state index is -4.18. The normalized spacial score (nSPS) is 11.4. The fraction of sp³-hybridized carbons (Fsp3) is 0.143. The van der Waals surface area contributed by atoms with Crippen LogP contribution < -0.4 is 10.9 Å². The monoisotopic (exact) mass is 466 g/mol. The molecule has 0 fully saturated rings. The van der Waals surface area contributed by atoms with Gasteiger partial charge < -0.3 is 9.88 Å². The van der Waals surface area contributed by atoms with E-state index in [9.17, 15) is 26.8 Å². The fourth-order valence-corrected chi connectivity index (χ4v) is 4.76. The first-order chi connectivity index (χ1) is 14.5. The molecule has 0 aliphatic rings.